The Morgan fingerprint density at radius 3 is 2.86 bits per heavy atom. The van der Waals surface area contributed by atoms with Crippen LogP contribution >= 0.6 is 0 Å². The fourth-order valence-electron chi connectivity index (χ4n) is 1.15. The van der Waals surface area contributed by atoms with Crippen molar-refractivity contribution in [1.82, 2.24) is 5.32 Å². The van der Waals surface area contributed by atoms with Gasteiger partial charge in [-0.3, -0.25) is 0 Å². The van der Waals surface area contributed by atoms with Crippen molar-refractivity contribution in [3.05, 3.63) is 23.8 Å². The lowest BCUT2D eigenvalue weighted by Crippen LogP contribution is -2.21. The van der Waals surface area contributed by atoms with E-state index in [0.29, 0.717) is 18.8 Å². The van der Waals surface area contributed by atoms with Gasteiger partial charge >= 0.3 is 0 Å². The summed E-state index contributed by atoms with van der Waals surface area (Å²) in [4.78, 5) is 0. The molecule has 0 aromatic heterocycles. The number of methoxy groups -OCH3 is 1. The normalized spacial score (nSPS) is 10.1. The summed E-state index contributed by atoms with van der Waals surface area (Å²) in [6.45, 7) is 1.95. The highest BCUT2D eigenvalue weighted by molar-refractivity contribution is 5.39. The van der Waals surface area contributed by atoms with E-state index in [4.69, 9.17) is 10.5 Å². The van der Waals surface area contributed by atoms with Gasteiger partial charge in [-0.15, -0.1) is 0 Å². The molecule has 1 aromatic carbocycles. The van der Waals surface area contributed by atoms with Crippen LogP contribution in [0.15, 0.2) is 18.2 Å². The van der Waals surface area contributed by atoms with Gasteiger partial charge in [-0.1, -0.05) is 6.07 Å². The van der Waals surface area contributed by atoms with Gasteiger partial charge in [0.05, 0.1) is 7.11 Å². The number of nitrogens with two attached hydrogens (primary N) is 1. The van der Waals surface area contributed by atoms with Crippen LogP contribution in [0.5, 0.6) is 11.5 Å². The zero-order valence-corrected chi connectivity index (χ0v) is 8.29. The summed E-state index contributed by atoms with van der Waals surface area (Å²) in [6.07, 6.45) is 0. The molecule has 14 heavy (non-hydrogen) atoms. The van der Waals surface area contributed by atoms with E-state index >= 15 is 0 Å². The van der Waals surface area contributed by atoms with Gasteiger partial charge in [0.1, 0.15) is 11.5 Å². The first-order valence-corrected chi connectivity index (χ1v) is 4.54. The van der Waals surface area contributed by atoms with Crippen LogP contribution in [-0.4, -0.2) is 25.3 Å². The Balaban J connectivity index is 2.59. The molecule has 0 heterocycles. The zero-order valence-electron chi connectivity index (χ0n) is 8.29. The second-order valence-electron chi connectivity index (χ2n) is 2.96. The molecule has 0 spiro atoms. The maximum absolute atomic E-state index is 9.57. The van der Waals surface area contributed by atoms with Gasteiger partial charge in [-0.2, -0.15) is 0 Å². The lowest BCUT2D eigenvalue weighted by atomic mass is 10.2. The molecule has 0 aliphatic heterocycles. The number of phenolic OH excluding ortho intramolecular Hbond substituents is 1. The molecular weight excluding hydrogens is 180 g/mol. The number of rotatable bonds is 5. The first-order chi connectivity index (χ1) is 6.77. The minimum Gasteiger partial charge on any atom is -0.507 e. The van der Waals surface area contributed by atoms with Crippen LogP contribution in [0.3, 0.4) is 0 Å². The molecule has 4 heteroatoms. The molecule has 0 atom stereocenters. The fraction of sp³-hybridized carbons (Fsp3) is 0.400. The van der Waals surface area contributed by atoms with Crippen molar-refractivity contribution in [2.75, 3.05) is 20.2 Å². The predicted octanol–water partition coefficient (Wildman–Crippen LogP) is 0.449. The fourth-order valence-corrected chi connectivity index (χ4v) is 1.15. The summed E-state index contributed by atoms with van der Waals surface area (Å²) in [5.74, 6) is 0.902. The van der Waals surface area contributed by atoms with Gasteiger partial charge in [0.25, 0.3) is 0 Å². The van der Waals surface area contributed by atoms with E-state index in [2.05, 4.69) is 5.32 Å². The van der Waals surface area contributed by atoms with E-state index in [1.165, 1.54) is 0 Å². The van der Waals surface area contributed by atoms with E-state index < -0.39 is 0 Å². The van der Waals surface area contributed by atoms with Gasteiger partial charge in [0, 0.05) is 31.3 Å². The molecule has 0 amide bonds. The molecular formula is C10H16N2O2. The summed E-state index contributed by atoms with van der Waals surface area (Å²) < 4.78 is 4.98. The van der Waals surface area contributed by atoms with Crippen LogP contribution < -0.4 is 15.8 Å². The Morgan fingerprint density at radius 2 is 2.29 bits per heavy atom. The molecule has 0 radical (unpaired) electrons. The van der Waals surface area contributed by atoms with Crippen LogP contribution in [0, 0.1) is 0 Å². The number of phenols is 1. The lowest BCUT2D eigenvalue weighted by Gasteiger charge is -2.07. The van der Waals surface area contributed by atoms with Crippen LogP contribution in [0.4, 0.5) is 0 Å². The van der Waals surface area contributed by atoms with Crippen molar-refractivity contribution in [2.45, 2.75) is 6.54 Å². The summed E-state index contributed by atoms with van der Waals surface area (Å²) in [5.41, 5.74) is 6.18. The van der Waals surface area contributed by atoms with Crippen molar-refractivity contribution >= 4 is 0 Å². The highest BCUT2D eigenvalue weighted by Gasteiger charge is 2.01. The number of hydrogen-bond donors (Lipinski definition) is 3. The minimum absolute atomic E-state index is 0.244. The molecule has 0 saturated carbocycles. The van der Waals surface area contributed by atoms with Gasteiger partial charge in [0.15, 0.2) is 0 Å². The van der Waals surface area contributed by atoms with E-state index in [9.17, 15) is 5.11 Å². The average molecular weight is 196 g/mol. The van der Waals surface area contributed by atoms with E-state index in [1.54, 1.807) is 13.2 Å². The third-order valence-electron chi connectivity index (χ3n) is 1.93. The van der Waals surface area contributed by atoms with Gasteiger partial charge in [-0.05, 0) is 6.07 Å². The topological polar surface area (TPSA) is 67.5 Å². The van der Waals surface area contributed by atoms with Gasteiger partial charge in [0.2, 0.25) is 0 Å². The smallest absolute Gasteiger partial charge is 0.123 e. The number of benzene rings is 1. The van der Waals surface area contributed by atoms with Crippen LogP contribution in [0.1, 0.15) is 5.56 Å². The standard InChI is InChI=1S/C10H16N2O2/c1-14-9-3-2-8(10(13)6-9)7-12-5-4-11/h2-3,6,12-13H,4-5,7,11H2,1H3. The molecule has 1 aromatic rings. The number of hydrogen-bond acceptors (Lipinski definition) is 4. The summed E-state index contributed by atoms with van der Waals surface area (Å²) in [7, 11) is 1.57. The molecule has 0 unspecified atom stereocenters. The lowest BCUT2D eigenvalue weighted by molar-refractivity contribution is 0.406. The van der Waals surface area contributed by atoms with Crippen molar-refractivity contribution in [2.24, 2.45) is 5.73 Å². The molecule has 0 fully saturated rings. The molecule has 0 saturated heterocycles. The highest BCUT2D eigenvalue weighted by atomic mass is 16.5. The van der Waals surface area contributed by atoms with Crippen LogP contribution in [0.2, 0.25) is 0 Å². The van der Waals surface area contributed by atoms with Gasteiger partial charge < -0.3 is 20.9 Å². The first kappa shape index (κ1) is 10.8. The van der Waals surface area contributed by atoms with Crippen LogP contribution in [-0.2, 0) is 6.54 Å². The quantitative estimate of drug-likeness (QED) is 0.598. The summed E-state index contributed by atoms with van der Waals surface area (Å²) in [6, 6.07) is 5.25. The molecule has 0 aliphatic rings. The predicted molar refractivity (Wildman–Crippen MR) is 55.4 cm³/mol. The number of nitrogens with one attached hydrogen (secondary N) is 1. The maximum atomic E-state index is 9.57. The molecule has 78 valence electrons. The molecule has 0 bridgehead atoms. The van der Waals surface area contributed by atoms with Gasteiger partial charge in [-0.25, -0.2) is 0 Å². The Morgan fingerprint density at radius 1 is 1.50 bits per heavy atom. The third-order valence-corrected chi connectivity index (χ3v) is 1.93. The Kier molecular flexibility index (Phi) is 4.22. The largest absolute Gasteiger partial charge is 0.507 e. The zero-order chi connectivity index (χ0) is 10.4. The summed E-state index contributed by atoms with van der Waals surface area (Å²) >= 11 is 0. The average Bonchev–Trinajstić information content (AvgIpc) is 2.20. The number of ether oxygens (including phenoxy) is 1. The van der Waals surface area contributed by atoms with E-state index in [1.807, 2.05) is 12.1 Å². The highest BCUT2D eigenvalue weighted by Crippen LogP contribution is 2.22. The third kappa shape index (κ3) is 2.90. The molecule has 0 aliphatic carbocycles. The second kappa shape index (κ2) is 5.47. The van der Waals surface area contributed by atoms with E-state index in [0.717, 1.165) is 12.1 Å². The Hall–Kier alpha value is -1.26. The SMILES string of the molecule is COc1ccc(CNCCN)c(O)c1. The second-order valence-corrected chi connectivity index (χ2v) is 2.96. The minimum atomic E-state index is 0.244. The van der Waals surface area contributed by atoms with Crippen molar-refractivity contribution in [1.29, 1.82) is 0 Å². The summed E-state index contributed by atoms with van der Waals surface area (Å²) in [5, 5.41) is 12.7. The van der Waals surface area contributed by atoms with Crippen LogP contribution in [0.25, 0.3) is 0 Å². The molecule has 1 rings (SSSR count). The Bertz CT molecular complexity index is 289. The van der Waals surface area contributed by atoms with E-state index in [-0.39, 0.29) is 5.75 Å². The van der Waals surface area contributed by atoms with Crippen molar-refractivity contribution in [3.63, 3.8) is 0 Å². The van der Waals surface area contributed by atoms with Crippen molar-refractivity contribution < 1.29 is 9.84 Å². The molecule has 4 nitrogen and oxygen atoms in total. The number of aromatic hydroxyl groups is 1. The first-order valence-electron chi connectivity index (χ1n) is 4.54. The maximum Gasteiger partial charge on any atom is 0.123 e. The molecule has 4 N–H and O–H groups in total. The monoisotopic (exact) mass is 196 g/mol. The Labute approximate surface area is 83.7 Å². The van der Waals surface area contributed by atoms with Crippen molar-refractivity contribution in [3.8, 4) is 11.5 Å².